The van der Waals surface area contributed by atoms with E-state index in [2.05, 4.69) is 4.98 Å². The highest BCUT2D eigenvalue weighted by Crippen LogP contribution is 2.24. The summed E-state index contributed by atoms with van der Waals surface area (Å²) in [6.07, 6.45) is 0.550. The number of methoxy groups -OCH3 is 1. The fourth-order valence-corrected chi connectivity index (χ4v) is 2.80. The number of rotatable bonds is 5. The summed E-state index contributed by atoms with van der Waals surface area (Å²) in [4.78, 5) is 4.35. The van der Waals surface area contributed by atoms with Gasteiger partial charge in [-0.05, 0) is 30.7 Å². The molecule has 1 N–H and O–H groups in total. The first-order valence-electron chi connectivity index (χ1n) is 6.00. The summed E-state index contributed by atoms with van der Waals surface area (Å²) in [6, 6.07) is 5.42. The van der Waals surface area contributed by atoms with Crippen molar-refractivity contribution in [3.63, 3.8) is 0 Å². The molecule has 2 rings (SSSR count). The van der Waals surface area contributed by atoms with Gasteiger partial charge < -0.3 is 9.84 Å². The van der Waals surface area contributed by atoms with E-state index >= 15 is 0 Å². The number of hydrogen-bond donors (Lipinski definition) is 1. The minimum atomic E-state index is -0.492. The summed E-state index contributed by atoms with van der Waals surface area (Å²) in [6.45, 7) is 1.96. The highest BCUT2D eigenvalue weighted by molar-refractivity contribution is 7.09. The van der Waals surface area contributed by atoms with Gasteiger partial charge in [-0.2, -0.15) is 0 Å². The summed E-state index contributed by atoms with van der Waals surface area (Å²) in [5, 5.41) is 13.8. The van der Waals surface area contributed by atoms with Gasteiger partial charge in [-0.25, -0.2) is 4.98 Å². The Morgan fingerprint density at radius 2 is 2.21 bits per heavy atom. The number of thiazole rings is 1. The second-order valence-corrected chi connectivity index (χ2v) is 5.87. The maximum Gasteiger partial charge on any atom is 0.122 e. The van der Waals surface area contributed by atoms with Gasteiger partial charge in [0, 0.05) is 23.2 Å². The third-order valence-electron chi connectivity index (χ3n) is 2.81. The van der Waals surface area contributed by atoms with Crippen LogP contribution < -0.4 is 4.74 Å². The van der Waals surface area contributed by atoms with E-state index in [4.69, 9.17) is 16.3 Å². The van der Waals surface area contributed by atoms with Crippen LogP contribution in [0.15, 0.2) is 23.6 Å². The van der Waals surface area contributed by atoms with E-state index in [9.17, 15) is 5.11 Å². The quantitative estimate of drug-likeness (QED) is 0.921. The number of hydrogen-bond acceptors (Lipinski definition) is 4. The Bertz CT molecular complexity index is 556. The molecule has 0 aliphatic rings. The van der Waals surface area contributed by atoms with Crippen LogP contribution in [0.5, 0.6) is 5.75 Å². The Hall–Kier alpha value is -1.10. The molecule has 1 heterocycles. The summed E-state index contributed by atoms with van der Waals surface area (Å²) < 4.78 is 5.27. The normalized spacial score (nSPS) is 12.4. The van der Waals surface area contributed by atoms with Crippen LogP contribution >= 0.6 is 22.9 Å². The fraction of sp³-hybridized carbons (Fsp3) is 0.357. The summed E-state index contributed by atoms with van der Waals surface area (Å²) in [5.74, 6) is 0.748. The van der Waals surface area contributed by atoms with Crippen LogP contribution in [0.3, 0.4) is 0 Å². The molecule has 0 saturated heterocycles. The number of aryl methyl sites for hydroxylation is 1. The Morgan fingerprint density at radius 1 is 1.42 bits per heavy atom. The molecule has 1 atom stereocenters. The van der Waals surface area contributed by atoms with Crippen LogP contribution in [0.25, 0.3) is 0 Å². The number of nitrogens with zero attached hydrogens (tertiary/aromatic N) is 1. The minimum absolute atomic E-state index is 0.492. The molecule has 0 fully saturated rings. The molecule has 1 aromatic carbocycles. The predicted molar refractivity (Wildman–Crippen MR) is 78.3 cm³/mol. The lowest BCUT2D eigenvalue weighted by molar-refractivity contribution is 0.173. The summed E-state index contributed by atoms with van der Waals surface area (Å²) in [5.41, 5.74) is 1.84. The van der Waals surface area contributed by atoms with Crippen molar-refractivity contribution in [3.05, 3.63) is 44.9 Å². The van der Waals surface area contributed by atoms with Gasteiger partial charge in [0.25, 0.3) is 0 Å². The second-order valence-electron chi connectivity index (χ2n) is 4.38. The lowest BCUT2D eigenvalue weighted by Crippen LogP contribution is -2.14. The number of ether oxygens (including phenoxy) is 1. The first kappa shape index (κ1) is 14.3. The van der Waals surface area contributed by atoms with E-state index in [1.807, 2.05) is 24.4 Å². The Morgan fingerprint density at radius 3 is 2.84 bits per heavy atom. The van der Waals surface area contributed by atoms with Crippen LogP contribution in [-0.2, 0) is 12.8 Å². The van der Waals surface area contributed by atoms with Crippen LogP contribution in [0, 0.1) is 6.92 Å². The van der Waals surface area contributed by atoms with Crippen molar-refractivity contribution in [2.75, 3.05) is 7.11 Å². The number of aliphatic hydroxyl groups is 1. The van der Waals surface area contributed by atoms with Crippen LogP contribution in [0.4, 0.5) is 0 Å². The van der Waals surface area contributed by atoms with Crippen molar-refractivity contribution in [2.24, 2.45) is 0 Å². The predicted octanol–water partition coefficient (Wildman–Crippen LogP) is 3.26. The Labute approximate surface area is 121 Å². The highest BCUT2D eigenvalue weighted by atomic mass is 35.5. The minimum Gasteiger partial charge on any atom is -0.496 e. The zero-order chi connectivity index (χ0) is 13.8. The van der Waals surface area contributed by atoms with Gasteiger partial charge in [-0.3, -0.25) is 0 Å². The summed E-state index contributed by atoms with van der Waals surface area (Å²) in [7, 11) is 1.61. The van der Waals surface area contributed by atoms with Crippen molar-refractivity contribution in [2.45, 2.75) is 25.9 Å². The van der Waals surface area contributed by atoms with Crippen LogP contribution in [0.1, 0.15) is 16.3 Å². The molecule has 0 aliphatic heterocycles. The van der Waals surface area contributed by atoms with Gasteiger partial charge in [0.15, 0.2) is 0 Å². The first-order chi connectivity index (χ1) is 9.08. The topological polar surface area (TPSA) is 42.4 Å². The van der Waals surface area contributed by atoms with Crippen molar-refractivity contribution in [3.8, 4) is 5.75 Å². The molecule has 3 nitrogen and oxygen atoms in total. The van der Waals surface area contributed by atoms with Crippen molar-refractivity contribution in [1.29, 1.82) is 0 Å². The molecule has 1 unspecified atom stereocenters. The molecule has 19 heavy (non-hydrogen) atoms. The number of aromatic nitrogens is 1. The molecule has 5 heteroatoms. The van der Waals surface area contributed by atoms with E-state index in [0.29, 0.717) is 17.9 Å². The molecule has 0 aliphatic carbocycles. The van der Waals surface area contributed by atoms with Gasteiger partial charge in [0.05, 0.1) is 23.9 Å². The SMILES string of the molecule is COc1ccc(Cl)cc1CC(O)Cc1csc(C)n1. The van der Waals surface area contributed by atoms with E-state index in [1.165, 1.54) is 0 Å². The second kappa shape index (κ2) is 6.37. The highest BCUT2D eigenvalue weighted by Gasteiger charge is 2.12. The monoisotopic (exact) mass is 297 g/mol. The average Bonchev–Trinajstić information content (AvgIpc) is 2.75. The van der Waals surface area contributed by atoms with Crippen LogP contribution in [-0.4, -0.2) is 23.3 Å². The Balaban J connectivity index is 2.05. The summed E-state index contributed by atoms with van der Waals surface area (Å²) >= 11 is 7.57. The smallest absolute Gasteiger partial charge is 0.122 e. The molecule has 0 amide bonds. The average molecular weight is 298 g/mol. The molecule has 0 bridgehead atoms. The number of halogens is 1. The number of aliphatic hydroxyl groups excluding tert-OH is 1. The van der Waals surface area contributed by atoms with Crippen molar-refractivity contribution < 1.29 is 9.84 Å². The van der Waals surface area contributed by atoms with Crippen molar-refractivity contribution >= 4 is 22.9 Å². The number of benzene rings is 1. The lowest BCUT2D eigenvalue weighted by atomic mass is 10.0. The molecule has 0 spiro atoms. The Kier molecular flexibility index (Phi) is 4.80. The lowest BCUT2D eigenvalue weighted by Gasteiger charge is -2.13. The third kappa shape index (κ3) is 3.93. The molecule has 2 aromatic rings. The van der Waals surface area contributed by atoms with Gasteiger partial charge in [-0.1, -0.05) is 11.6 Å². The van der Waals surface area contributed by atoms with Gasteiger partial charge >= 0.3 is 0 Å². The van der Waals surface area contributed by atoms with Crippen molar-refractivity contribution in [1.82, 2.24) is 4.98 Å². The fourth-order valence-electron chi connectivity index (χ4n) is 1.98. The maximum atomic E-state index is 10.1. The molecular formula is C14H16ClNO2S. The molecule has 0 radical (unpaired) electrons. The van der Waals surface area contributed by atoms with Crippen LogP contribution in [0.2, 0.25) is 5.02 Å². The molecule has 1 aromatic heterocycles. The zero-order valence-corrected chi connectivity index (χ0v) is 12.5. The first-order valence-corrected chi connectivity index (χ1v) is 7.25. The maximum absolute atomic E-state index is 10.1. The van der Waals surface area contributed by atoms with E-state index in [-0.39, 0.29) is 0 Å². The van der Waals surface area contributed by atoms with E-state index in [0.717, 1.165) is 22.0 Å². The van der Waals surface area contributed by atoms with Gasteiger partial charge in [0.2, 0.25) is 0 Å². The van der Waals surface area contributed by atoms with Gasteiger partial charge in [-0.15, -0.1) is 11.3 Å². The standard InChI is InChI=1S/C14H16ClNO2S/c1-9-16-12(8-19-9)7-13(17)6-10-5-11(15)3-4-14(10)18-2/h3-5,8,13,17H,6-7H2,1-2H3. The van der Waals surface area contributed by atoms with Gasteiger partial charge in [0.1, 0.15) is 5.75 Å². The zero-order valence-electron chi connectivity index (χ0n) is 10.9. The van der Waals surface area contributed by atoms with E-state index in [1.54, 1.807) is 24.5 Å². The third-order valence-corrected chi connectivity index (χ3v) is 3.87. The molecule has 0 saturated carbocycles. The molecular weight excluding hydrogens is 282 g/mol. The largest absolute Gasteiger partial charge is 0.496 e. The van der Waals surface area contributed by atoms with E-state index < -0.39 is 6.10 Å². The molecule has 102 valence electrons.